The van der Waals surface area contributed by atoms with E-state index in [9.17, 15) is 4.79 Å². The molecular weight excluding hydrogens is 278 g/mol. The number of amides is 1. The van der Waals surface area contributed by atoms with Gasteiger partial charge in [0, 0.05) is 17.1 Å². The second-order valence-corrected chi connectivity index (χ2v) is 4.68. The lowest BCUT2D eigenvalue weighted by atomic mass is 10.1. The maximum absolute atomic E-state index is 12.1. The van der Waals surface area contributed by atoms with Crippen LogP contribution in [0.3, 0.4) is 0 Å². The Balaban J connectivity index is 2.16. The van der Waals surface area contributed by atoms with Gasteiger partial charge in [0.25, 0.3) is 5.91 Å². The third-order valence-corrected chi connectivity index (χ3v) is 3.35. The first kappa shape index (κ1) is 14.1. The van der Waals surface area contributed by atoms with E-state index in [1.165, 1.54) is 25.6 Å². The van der Waals surface area contributed by atoms with E-state index in [0.717, 1.165) is 5.69 Å². The molecule has 1 heterocycles. The van der Waals surface area contributed by atoms with Crippen LogP contribution in [-0.2, 0) is 6.54 Å². The van der Waals surface area contributed by atoms with Crippen molar-refractivity contribution in [3.63, 3.8) is 0 Å². The molecule has 1 amide bonds. The molecule has 0 fully saturated rings. The lowest BCUT2D eigenvalue weighted by Gasteiger charge is -2.12. The Morgan fingerprint density at radius 1 is 1.35 bits per heavy atom. The minimum Gasteiger partial charge on any atom is -0.493 e. The van der Waals surface area contributed by atoms with E-state index in [1.807, 2.05) is 5.38 Å². The fraction of sp³-hybridized carbons (Fsp3) is 0.231. The maximum Gasteiger partial charge on any atom is 0.253 e. The third-order valence-electron chi connectivity index (χ3n) is 2.71. The van der Waals surface area contributed by atoms with Crippen molar-refractivity contribution in [3.05, 3.63) is 34.3 Å². The number of nitrogen functional groups attached to an aromatic ring is 1. The number of carbonyl (C=O) groups is 1. The zero-order valence-corrected chi connectivity index (χ0v) is 12.0. The Morgan fingerprint density at radius 3 is 2.65 bits per heavy atom. The van der Waals surface area contributed by atoms with Gasteiger partial charge in [-0.1, -0.05) is 0 Å². The van der Waals surface area contributed by atoms with Gasteiger partial charge in [-0.05, 0) is 6.07 Å². The van der Waals surface area contributed by atoms with Crippen LogP contribution < -0.4 is 20.5 Å². The van der Waals surface area contributed by atoms with Crippen molar-refractivity contribution < 1.29 is 14.3 Å². The molecule has 0 aliphatic carbocycles. The van der Waals surface area contributed by atoms with E-state index in [1.54, 1.807) is 17.6 Å². The number of nitrogens with zero attached hydrogens (tertiary/aromatic N) is 1. The first-order valence-corrected chi connectivity index (χ1v) is 6.76. The minimum absolute atomic E-state index is 0.281. The van der Waals surface area contributed by atoms with Crippen LogP contribution in [0.1, 0.15) is 16.1 Å². The molecule has 106 valence electrons. The fourth-order valence-electron chi connectivity index (χ4n) is 1.68. The Bertz CT molecular complexity index is 599. The number of benzene rings is 1. The number of thiazole rings is 1. The summed E-state index contributed by atoms with van der Waals surface area (Å²) >= 11 is 1.48. The Hall–Kier alpha value is -2.28. The molecule has 1 aromatic heterocycles. The number of nitrogens with one attached hydrogen (secondary N) is 1. The summed E-state index contributed by atoms with van der Waals surface area (Å²) in [7, 11) is 3.02. The van der Waals surface area contributed by atoms with Gasteiger partial charge in [0.2, 0.25) is 0 Å². The van der Waals surface area contributed by atoms with Crippen LogP contribution in [0.4, 0.5) is 5.69 Å². The van der Waals surface area contributed by atoms with Gasteiger partial charge in [-0.15, -0.1) is 11.3 Å². The highest BCUT2D eigenvalue weighted by Crippen LogP contribution is 2.31. The standard InChI is InChI=1S/C13H15N3O3S/c1-18-11-3-9(10(14)4-12(11)19-2)13(17)15-5-8-6-20-7-16-8/h3-4,6-7H,5,14H2,1-2H3,(H,15,17). The lowest BCUT2D eigenvalue weighted by Crippen LogP contribution is -2.24. The molecule has 3 N–H and O–H groups in total. The summed E-state index contributed by atoms with van der Waals surface area (Å²) in [6.45, 7) is 0.357. The number of hydrogen-bond acceptors (Lipinski definition) is 6. The number of rotatable bonds is 5. The monoisotopic (exact) mass is 293 g/mol. The van der Waals surface area contributed by atoms with E-state index in [-0.39, 0.29) is 5.91 Å². The number of ether oxygens (including phenoxy) is 2. The van der Waals surface area contributed by atoms with Crippen molar-refractivity contribution in [1.82, 2.24) is 10.3 Å². The molecule has 0 radical (unpaired) electrons. The molecular formula is C13H15N3O3S. The number of hydrogen-bond donors (Lipinski definition) is 2. The second kappa shape index (κ2) is 6.25. The van der Waals surface area contributed by atoms with Gasteiger partial charge in [0.05, 0.1) is 37.5 Å². The molecule has 7 heteroatoms. The molecule has 0 saturated carbocycles. The smallest absolute Gasteiger partial charge is 0.253 e. The van der Waals surface area contributed by atoms with E-state index in [2.05, 4.69) is 10.3 Å². The number of anilines is 1. The zero-order valence-electron chi connectivity index (χ0n) is 11.2. The third kappa shape index (κ3) is 3.00. The molecule has 1 aromatic carbocycles. The topological polar surface area (TPSA) is 86.5 Å². The first-order chi connectivity index (χ1) is 9.65. The summed E-state index contributed by atoms with van der Waals surface area (Å²) in [6.07, 6.45) is 0. The van der Waals surface area contributed by atoms with Crippen molar-refractivity contribution in [1.29, 1.82) is 0 Å². The van der Waals surface area contributed by atoms with Crippen molar-refractivity contribution in [2.24, 2.45) is 0 Å². The number of methoxy groups -OCH3 is 2. The second-order valence-electron chi connectivity index (χ2n) is 3.96. The summed E-state index contributed by atoms with van der Waals surface area (Å²) in [5.74, 6) is 0.665. The van der Waals surface area contributed by atoms with Crippen LogP contribution in [0.25, 0.3) is 0 Å². The summed E-state index contributed by atoms with van der Waals surface area (Å²) in [5, 5.41) is 4.63. The average Bonchev–Trinajstić information content (AvgIpc) is 2.97. The van der Waals surface area contributed by atoms with Crippen LogP contribution in [0.5, 0.6) is 11.5 Å². The SMILES string of the molecule is COc1cc(N)c(C(=O)NCc2cscn2)cc1OC. The number of nitrogens with two attached hydrogens (primary N) is 1. The van der Waals surface area contributed by atoms with Crippen LogP contribution in [0.2, 0.25) is 0 Å². The van der Waals surface area contributed by atoms with Gasteiger partial charge in [0.15, 0.2) is 11.5 Å². The normalized spacial score (nSPS) is 10.1. The summed E-state index contributed by atoms with van der Waals surface area (Å²) < 4.78 is 10.3. The van der Waals surface area contributed by atoms with E-state index in [4.69, 9.17) is 15.2 Å². The van der Waals surface area contributed by atoms with Gasteiger partial charge >= 0.3 is 0 Å². The van der Waals surface area contributed by atoms with Crippen molar-refractivity contribution in [3.8, 4) is 11.5 Å². The highest BCUT2D eigenvalue weighted by atomic mass is 32.1. The molecule has 0 saturated heterocycles. The summed E-state index contributed by atoms with van der Waals surface area (Å²) in [5.41, 5.74) is 9.06. The van der Waals surface area contributed by atoms with Gasteiger partial charge in [-0.2, -0.15) is 0 Å². The minimum atomic E-state index is -0.281. The Kier molecular flexibility index (Phi) is 4.41. The van der Waals surface area contributed by atoms with Crippen molar-refractivity contribution >= 4 is 22.9 Å². The highest BCUT2D eigenvalue weighted by molar-refractivity contribution is 7.07. The number of carbonyl (C=O) groups excluding carboxylic acids is 1. The van der Waals surface area contributed by atoms with Crippen molar-refractivity contribution in [2.75, 3.05) is 20.0 Å². The van der Waals surface area contributed by atoms with Crippen molar-refractivity contribution in [2.45, 2.75) is 6.54 Å². The molecule has 0 aliphatic heterocycles. The molecule has 2 aromatic rings. The van der Waals surface area contributed by atoms with Gasteiger partial charge in [-0.25, -0.2) is 4.98 Å². The van der Waals surface area contributed by atoms with Crippen LogP contribution >= 0.6 is 11.3 Å². The van der Waals surface area contributed by atoms with E-state index >= 15 is 0 Å². The molecule has 0 bridgehead atoms. The predicted octanol–water partition coefficient (Wildman–Crippen LogP) is 1.67. The molecule has 0 atom stereocenters. The largest absolute Gasteiger partial charge is 0.493 e. The predicted molar refractivity (Wildman–Crippen MR) is 77.2 cm³/mol. The maximum atomic E-state index is 12.1. The average molecular weight is 293 g/mol. The molecule has 0 aliphatic rings. The first-order valence-electron chi connectivity index (χ1n) is 5.82. The molecule has 0 unspecified atom stereocenters. The Labute approximate surface area is 120 Å². The number of aromatic nitrogens is 1. The highest BCUT2D eigenvalue weighted by Gasteiger charge is 2.15. The quantitative estimate of drug-likeness (QED) is 0.819. The fourth-order valence-corrected chi connectivity index (χ4v) is 2.24. The van der Waals surface area contributed by atoms with Crippen LogP contribution in [-0.4, -0.2) is 25.1 Å². The molecule has 20 heavy (non-hydrogen) atoms. The molecule has 2 rings (SSSR count). The molecule has 6 nitrogen and oxygen atoms in total. The zero-order chi connectivity index (χ0) is 14.5. The van der Waals surface area contributed by atoms with E-state index in [0.29, 0.717) is 29.3 Å². The summed E-state index contributed by atoms with van der Waals surface area (Å²) in [4.78, 5) is 16.2. The van der Waals surface area contributed by atoms with E-state index < -0.39 is 0 Å². The molecule has 0 spiro atoms. The van der Waals surface area contributed by atoms with Gasteiger partial charge < -0.3 is 20.5 Å². The summed E-state index contributed by atoms with van der Waals surface area (Å²) in [6, 6.07) is 3.13. The lowest BCUT2D eigenvalue weighted by molar-refractivity contribution is 0.0951. The Morgan fingerprint density at radius 2 is 2.05 bits per heavy atom. The van der Waals surface area contributed by atoms with Crippen LogP contribution in [0.15, 0.2) is 23.0 Å². The van der Waals surface area contributed by atoms with Gasteiger partial charge in [0.1, 0.15) is 0 Å². The van der Waals surface area contributed by atoms with Gasteiger partial charge in [-0.3, -0.25) is 4.79 Å². The van der Waals surface area contributed by atoms with Crippen LogP contribution in [0, 0.1) is 0 Å².